The summed E-state index contributed by atoms with van der Waals surface area (Å²) >= 11 is 0. The standard InChI is InChI=1S/C15H17N3O2/c19-15-16-9-14(10-17-15)13-3-1-2-12(8-13)11-18-4-6-20-7-5-18/h1-3,8-10H,4-7,11H2,(H,16,17,19). The summed E-state index contributed by atoms with van der Waals surface area (Å²) in [5.74, 6) is 0. The maximum absolute atomic E-state index is 11.0. The Hall–Kier alpha value is -1.98. The van der Waals surface area contributed by atoms with Gasteiger partial charge in [0, 0.05) is 37.6 Å². The average Bonchev–Trinajstić information content (AvgIpc) is 2.49. The van der Waals surface area contributed by atoms with Crippen LogP contribution in [0, 0.1) is 0 Å². The van der Waals surface area contributed by atoms with Crippen LogP contribution in [-0.4, -0.2) is 41.2 Å². The number of hydrogen-bond donors (Lipinski definition) is 1. The van der Waals surface area contributed by atoms with E-state index in [1.54, 1.807) is 12.4 Å². The van der Waals surface area contributed by atoms with Gasteiger partial charge < -0.3 is 9.72 Å². The zero-order valence-corrected chi connectivity index (χ0v) is 11.2. The zero-order valence-electron chi connectivity index (χ0n) is 11.2. The number of nitrogens with one attached hydrogen (secondary N) is 1. The Bertz CT molecular complexity index is 613. The SMILES string of the molecule is O=c1ncc(-c2cccc(CN3CCOCC3)c2)c[nH]1. The van der Waals surface area contributed by atoms with E-state index in [-0.39, 0.29) is 5.69 Å². The number of H-pyrrole nitrogens is 1. The first-order valence-corrected chi connectivity index (χ1v) is 6.75. The smallest absolute Gasteiger partial charge is 0.344 e. The number of rotatable bonds is 3. The Morgan fingerprint density at radius 3 is 2.85 bits per heavy atom. The fourth-order valence-electron chi connectivity index (χ4n) is 2.37. The molecule has 1 aliphatic rings. The summed E-state index contributed by atoms with van der Waals surface area (Å²) in [5.41, 5.74) is 2.93. The van der Waals surface area contributed by atoms with E-state index in [0.717, 1.165) is 44.0 Å². The summed E-state index contributed by atoms with van der Waals surface area (Å²) in [7, 11) is 0. The van der Waals surface area contributed by atoms with E-state index >= 15 is 0 Å². The van der Waals surface area contributed by atoms with Crippen LogP contribution < -0.4 is 5.69 Å². The number of morpholine rings is 1. The van der Waals surface area contributed by atoms with E-state index in [2.05, 4.69) is 27.0 Å². The van der Waals surface area contributed by atoms with E-state index in [9.17, 15) is 4.79 Å². The quantitative estimate of drug-likeness (QED) is 0.913. The molecule has 3 rings (SSSR count). The van der Waals surface area contributed by atoms with E-state index in [1.165, 1.54) is 5.56 Å². The molecule has 0 atom stereocenters. The fraction of sp³-hybridized carbons (Fsp3) is 0.333. The molecular formula is C15H17N3O2. The molecule has 20 heavy (non-hydrogen) atoms. The number of nitrogens with zero attached hydrogens (tertiary/aromatic N) is 2. The second kappa shape index (κ2) is 5.98. The van der Waals surface area contributed by atoms with Crippen molar-refractivity contribution in [2.75, 3.05) is 26.3 Å². The molecule has 1 N–H and O–H groups in total. The van der Waals surface area contributed by atoms with Crippen molar-refractivity contribution in [3.05, 3.63) is 52.7 Å². The predicted octanol–water partition coefficient (Wildman–Crippen LogP) is 1.27. The average molecular weight is 271 g/mol. The second-order valence-corrected chi connectivity index (χ2v) is 4.90. The minimum atomic E-state index is -0.321. The van der Waals surface area contributed by atoms with Crippen molar-refractivity contribution in [1.29, 1.82) is 0 Å². The first-order chi connectivity index (χ1) is 9.81. The topological polar surface area (TPSA) is 58.2 Å². The van der Waals surface area contributed by atoms with Crippen molar-refractivity contribution in [2.45, 2.75) is 6.54 Å². The Labute approximate surface area is 117 Å². The molecule has 1 aromatic carbocycles. The Balaban J connectivity index is 1.78. The lowest BCUT2D eigenvalue weighted by atomic mass is 10.1. The summed E-state index contributed by atoms with van der Waals surface area (Å²) in [6.07, 6.45) is 3.30. The third-order valence-corrected chi connectivity index (χ3v) is 3.44. The number of aromatic amines is 1. The fourth-order valence-corrected chi connectivity index (χ4v) is 2.37. The molecular weight excluding hydrogens is 254 g/mol. The second-order valence-electron chi connectivity index (χ2n) is 4.90. The summed E-state index contributed by atoms with van der Waals surface area (Å²) in [6.45, 7) is 4.50. The van der Waals surface area contributed by atoms with Gasteiger partial charge in [0.25, 0.3) is 0 Å². The van der Waals surface area contributed by atoms with Gasteiger partial charge in [-0.25, -0.2) is 9.78 Å². The van der Waals surface area contributed by atoms with Crippen LogP contribution in [0.1, 0.15) is 5.56 Å². The van der Waals surface area contributed by atoms with Crippen LogP contribution in [-0.2, 0) is 11.3 Å². The first-order valence-electron chi connectivity index (χ1n) is 6.75. The van der Waals surface area contributed by atoms with Crippen LogP contribution in [0.2, 0.25) is 0 Å². The van der Waals surface area contributed by atoms with Crippen molar-refractivity contribution < 1.29 is 4.74 Å². The Morgan fingerprint density at radius 1 is 1.25 bits per heavy atom. The minimum Gasteiger partial charge on any atom is -0.379 e. The highest BCUT2D eigenvalue weighted by Crippen LogP contribution is 2.19. The highest BCUT2D eigenvalue weighted by atomic mass is 16.5. The van der Waals surface area contributed by atoms with Crippen LogP contribution in [0.4, 0.5) is 0 Å². The van der Waals surface area contributed by atoms with E-state index in [0.29, 0.717) is 0 Å². The number of aromatic nitrogens is 2. The molecule has 5 nitrogen and oxygen atoms in total. The molecule has 2 heterocycles. The van der Waals surface area contributed by atoms with Crippen molar-refractivity contribution >= 4 is 0 Å². The zero-order chi connectivity index (χ0) is 13.8. The van der Waals surface area contributed by atoms with Crippen LogP contribution in [0.15, 0.2) is 41.5 Å². The van der Waals surface area contributed by atoms with Crippen molar-refractivity contribution in [2.24, 2.45) is 0 Å². The molecule has 0 saturated carbocycles. The third kappa shape index (κ3) is 3.12. The largest absolute Gasteiger partial charge is 0.379 e. The lowest BCUT2D eigenvalue weighted by molar-refractivity contribution is 0.0342. The molecule has 1 aromatic heterocycles. The van der Waals surface area contributed by atoms with Gasteiger partial charge in [0.1, 0.15) is 0 Å². The molecule has 5 heteroatoms. The van der Waals surface area contributed by atoms with Crippen LogP contribution in [0.5, 0.6) is 0 Å². The highest BCUT2D eigenvalue weighted by Gasteiger charge is 2.11. The molecule has 0 spiro atoms. The molecule has 0 bridgehead atoms. The van der Waals surface area contributed by atoms with Gasteiger partial charge in [-0.3, -0.25) is 4.90 Å². The van der Waals surface area contributed by atoms with Gasteiger partial charge in [0.15, 0.2) is 0 Å². The van der Waals surface area contributed by atoms with Crippen molar-refractivity contribution in [3.8, 4) is 11.1 Å². The molecule has 1 fully saturated rings. The van der Waals surface area contributed by atoms with Gasteiger partial charge in [0.2, 0.25) is 0 Å². The van der Waals surface area contributed by atoms with Crippen LogP contribution in [0.3, 0.4) is 0 Å². The summed E-state index contributed by atoms with van der Waals surface area (Å²) in [4.78, 5) is 19.7. The lowest BCUT2D eigenvalue weighted by Crippen LogP contribution is -2.35. The minimum absolute atomic E-state index is 0.321. The lowest BCUT2D eigenvalue weighted by Gasteiger charge is -2.26. The Morgan fingerprint density at radius 2 is 2.10 bits per heavy atom. The van der Waals surface area contributed by atoms with Gasteiger partial charge in [-0.15, -0.1) is 0 Å². The molecule has 0 amide bonds. The predicted molar refractivity (Wildman–Crippen MR) is 76.4 cm³/mol. The number of benzene rings is 1. The molecule has 1 saturated heterocycles. The van der Waals surface area contributed by atoms with Gasteiger partial charge in [-0.05, 0) is 17.2 Å². The number of hydrogen-bond acceptors (Lipinski definition) is 4. The normalized spacial score (nSPS) is 16.2. The van der Waals surface area contributed by atoms with Crippen LogP contribution in [0.25, 0.3) is 11.1 Å². The summed E-state index contributed by atoms with van der Waals surface area (Å²) in [6, 6.07) is 8.33. The van der Waals surface area contributed by atoms with E-state index < -0.39 is 0 Å². The maximum atomic E-state index is 11.0. The van der Waals surface area contributed by atoms with Gasteiger partial charge in [-0.1, -0.05) is 18.2 Å². The van der Waals surface area contributed by atoms with E-state index in [1.807, 2.05) is 12.1 Å². The van der Waals surface area contributed by atoms with Crippen LogP contribution >= 0.6 is 0 Å². The van der Waals surface area contributed by atoms with Crippen molar-refractivity contribution in [3.63, 3.8) is 0 Å². The third-order valence-electron chi connectivity index (χ3n) is 3.44. The molecule has 0 radical (unpaired) electrons. The highest BCUT2D eigenvalue weighted by molar-refractivity contribution is 5.62. The number of ether oxygens (including phenoxy) is 1. The molecule has 1 aliphatic heterocycles. The monoisotopic (exact) mass is 271 g/mol. The molecule has 0 unspecified atom stereocenters. The summed E-state index contributed by atoms with van der Waals surface area (Å²) < 4.78 is 5.36. The summed E-state index contributed by atoms with van der Waals surface area (Å²) in [5, 5.41) is 0. The van der Waals surface area contributed by atoms with E-state index in [4.69, 9.17) is 4.74 Å². The van der Waals surface area contributed by atoms with Gasteiger partial charge >= 0.3 is 5.69 Å². The van der Waals surface area contributed by atoms with Crippen molar-refractivity contribution in [1.82, 2.24) is 14.9 Å². The van der Waals surface area contributed by atoms with Gasteiger partial charge in [0.05, 0.1) is 13.2 Å². The first kappa shape index (κ1) is 13.0. The maximum Gasteiger partial charge on any atom is 0.344 e. The Kier molecular flexibility index (Phi) is 3.90. The van der Waals surface area contributed by atoms with Gasteiger partial charge in [-0.2, -0.15) is 0 Å². The molecule has 104 valence electrons. The molecule has 0 aliphatic carbocycles. The molecule has 2 aromatic rings.